The van der Waals surface area contributed by atoms with Gasteiger partial charge in [0.05, 0.1) is 0 Å². The molecule has 1 amide bonds. The molecule has 0 spiro atoms. The smallest absolute Gasteiger partial charge is 0.410 e. The summed E-state index contributed by atoms with van der Waals surface area (Å²) < 4.78 is 5.49. The van der Waals surface area contributed by atoms with Crippen LogP contribution >= 0.6 is 0 Å². The maximum absolute atomic E-state index is 12.2. The third-order valence-corrected chi connectivity index (χ3v) is 3.83. The summed E-state index contributed by atoms with van der Waals surface area (Å²) in [6.07, 6.45) is 2.96. The Balaban J connectivity index is 1.73. The monoisotopic (exact) mass is 304 g/mol. The first-order valence-corrected chi connectivity index (χ1v) is 8.20. The second kappa shape index (κ2) is 7.63. The van der Waals surface area contributed by atoms with Crippen LogP contribution in [0.1, 0.15) is 45.6 Å². The lowest BCUT2D eigenvalue weighted by Gasteiger charge is -2.28. The van der Waals surface area contributed by atoms with Crippen LogP contribution in [0.2, 0.25) is 0 Å². The minimum absolute atomic E-state index is 0.168. The Morgan fingerprint density at radius 3 is 2.73 bits per heavy atom. The van der Waals surface area contributed by atoms with Crippen molar-refractivity contribution in [3.8, 4) is 0 Å². The van der Waals surface area contributed by atoms with Gasteiger partial charge in [-0.1, -0.05) is 30.3 Å². The van der Waals surface area contributed by atoms with Crippen molar-refractivity contribution in [2.75, 3.05) is 13.1 Å². The Labute approximate surface area is 133 Å². The lowest BCUT2D eigenvalue weighted by Crippen LogP contribution is -2.40. The molecule has 4 nitrogen and oxygen atoms in total. The summed E-state index contributed by atoms with van der Waals surface area (Å²) in [5, 5.41) is 3.46. The van der Waals surface area contributed by atoms with Crippen LogP contribution in [0.5, 0.6) is 0 Å². The molecule has 1 saturated heterocycles. The molecule has 0 bridgehead atoms. The van der Waals surface area contributed by atoms with Crippen LogP contribution in [0.15, 0.2) is 30.3 Å². The van der Waals surface area contributed by atoms with Crippen molar-refractivity contribution in [3.63, 3.8) is 0 Å². The molecule has 1 aliphatic heterocycles. The van der Waals surface area contributed by atoms with Gasteiger partial charge in [-0.25, -0.2) is 4.79 Å². The molecule has 122 valence electrons. The Hall–Kier alpha value is -1.55. The predicted molar refractivity (Wildman–Crippen MR) is 88.7 cm³/mol. The fraction of sp³-hybridized carbons (Fsp3) is 0.611. The van der Waals surface area contributed by atoms with E-state index in [9.17, 15) is 4.79 Å². The summed E-state index contributed by atoms with van der Waals surface area (Å²) in [5.74, 6) is 0. The van der Waals surface area contributed by atoms with Crippen molar-refractivity contribution in [3.05, 3.63) is 35.9 Å². The third kappa shape index (κ3) is 5.34. The SMILES string of the molecule is CC(C)(C)OC(=O)N1CCCC1CCNCc1ccccc1. The topological polar surface area (TPSA) is 41.6 Å². The van der Waals surface area contributed by atoms with E-state index >= 15 is 0 Å². The lowest BCUT2D eigenvalue weighted by molar-refractivity contribution is 0.0220. The van der Waals surface area contributed by atoms with Gasteiger partial charge in [0.2, 0.25) is 0 Å². The van der Waals surface area contributed by atoms with E-state index in [1.165, 1.54) is 5.56 Å². The van der Waals surface area contributed by atoms with Gasteiger partial charge in [0.25, 0.3) is 0 Å². The van der Waals surface area contributed by atoms with Crippen LogP contribution < -0.4 is 5.32 Å². The minimum Gasteiger partial charge on any atom is -0.444 e. The molecule has 1 atom stereocenters. The summed E-state index contributed by atoms with van der Waals surface area (Å²) in [4.78, 5) is 14.1. The molecule has 1 fully saturated rings. The van der Waals surface area contributed by atoms with Crippen molar-refractivity contribution in [1.29, 1.82) is 0 Å². The zero-order chi connectivity index (χ0) is 16.0. The number of nitrogens with one attached hydrogen (secondary N) is 1. The molecule has 0 aliphatic carbocycles. The summed E-state index contributed by atoms with van der Waals surface area (Å²) >= 11 is 0. The van der Waals surface area contributed by atoms with Gasteiger partial charge in [-0.05, 0) is 52.1 Å². The lowest BCUT2D eigenvalue weighted by atomic mass is 10.1. The molecule has 2 rings (SSSR count). The predicted octanol–water partition coefficient (Wildman–Crippen LogP) is 3.57. The Morgan fingerprint density at radius 1 is 1.32 bits per heavy atom. The highest BCUT2D eigenvalue weighted by molar-refractivity contribution is 5.68. The molecule has 1 aliphatic rings. The van der Waals surface area contributed by atoms with Crippen molar-refractivity contribution in [2.45, 2.75) is 58.2 Å². The van der Waals surface area contributed by atoms with Crippen LogP contribution in [0.4, 0.5) is 4.79 Å². The largest absolute Gasteiger partial charge is 0.444 e. The number of rotatable bonds is 5. The van der Waals surface area contributed by atoms with Gasteiger partial charge in [0.15, 0.2) is 0 Å². The molecule has 1 heterocycles. The Morgan fingerprint density at radius 2 is 2.05 bits per heavy atom. The zero-order valence-electron chi connectivity index (χ0n) is 14.0. The highest BCUT2D eigenvalue weighted by Crippen LogP contribution is 2.22. The first-order chi connectivity index (χ1) is 10.5. The molecule has 4 heteroatoms. The first-order valence-electron chi connectivity index (χ1n) is 8.20. The summed E-state index contributed by atoms with van der Waals surface area (Å²) in [7, 11) is 0. The van der Waals surface area contributed by atoms with Crippen LogP contribution in [0, 0.1) is 0 Å². The highest BCUT2D eigenvalue weighted by atomic mass is 16.6. The number of nitrogens with zero attached hydrogens (tertiary/aromatic N) is 1. The van der Waals surface area contributed by atoms with Gasteiger partial charge < -0.3 is 15.0 Å². The van der Waals surface area contributed by atoms with Gasteiger partial charge in [-0.15, -0.1) is 0 Å². The highest BCUT2D eigenvalue weighted by Gasteiger charge is 2.31. The van der Waals surface area contributed by atoms with Crippen molar-refractivity contribution >= 4 is 6.09 Å². The number of carbonyl (C=O) groups excluding carboxylic acids is 1. The normalized spacial score (nSPS) is 18.5. The number of amides is 1. The first kappa shape index (κ1) is 16.8. The number of benzene rings is 1. The quantitative estimate of drug-likeness (QED) is 0.846. The van der Waals surface area contributed by atoms with Gasteiger partial charge in [-0.2, -0.15) is 0 Å². The molecule has 22 heavy (non-hydrogen) atoms. The molecule has 0 radical (unpaired) electrons. The number of ether oxygens (including phenoxy) is 1. The molecule has 0 saturated carbocycles. The molecular formula is C18H28N2O2. The van der Waals surface area contributed by atoms with E-state index in [4.69, 9.17) is 4.74 Å². The molecular weight excluding hydrogens is 276 g/mol. The third-order valence-electron chi connectivity index (χ3n) is 3.83. The van der Waals surface area contributed by atoms with Gasteiger partial charge in [-0.3, -0.25) is 0 Å². The summed E-state index contributed by atoms with van der Waals surface area (Å²) in [6, 6.07) is 10.7. The number of hydrogen-bond acceptors (Lipinski definition) is 3. The minimum atomic E-state index is -0.421. The van der Waals surface area contributed by atoms with E-state index in [0.29, 0.717) is 6.04 Å². The van der Waals surface area contributed by atoms with Crippen molar-refractivity contribution in [2.24, 2.45) is 0 Å². The van der Waals surface area contributed by atoms with Crippen LogP contribution in [-0.4, -0.2) is 35.7 Å². The maximum atomic E-state index is 12.2. The van der Waals surface area contributed by atoms with E-state index in [1.807, 2.05) is 31.7 Å². The molecule has 1 N–H and O–H groups in total. The van der Waals surface area contributed by atoms with Gasteiger partial charge in [0.1, 0.15) is 5.60 Å². The number of carbonyl (C=O) groups is 1. The zero-order valence-corrected chi connectivity index (χ0v) is 14.0. The van der Waals surface area contributed by atoms with Crippen LogP contribution in [-0.2, 0) is 11.3 Å². The molecule has 1 unspecified atom stereocenters. The average molecular weight is 304 g/mol. The van der Waals surface area contributed by atoms with E-state index in [2.05, 4.69) is 29.6 Å². The molecule has 0 aromatic heterocycles. The molecule has 1 aromatic rings. The second-order valence-corrected chi connectivity index (χ2v) is 6.92. The van der Waals surface area contributed by atoms with Crippen molar-refractivity contribution in [1.82, 2.24) is 10.2 Å². The van der Waals surface area contributed by atoms with Gasteiger partial charge >= 0.3 is 6.09 Å². The fourth-order valence-corrected chi connectivity index (χ4v) is 2.79. The maximum Gasteiger partial charge on any atom is 0.410 e. The van der Waals surface area contributed by atoms with E-state index in [0.717, 1.165) is 38.9 Å². The van der Waals surface area contributed by atoms with E-state index in [1.54, 1.807) is 0 Å². The van der Waals surface area contributed by atoms with E-state index < -0.39 is 5.60 Å². The Kier molecular flexibility index (Phi) is 5.83. The number of likely N-dealkylation sites (tertiary alicyclic amines) is 1. The number of hydrogen-bond donors (Lipinski definition) is 1. The fourth-order valence-electron chi connectivity index (χ4n) is 2.79. The summed E-state index contributed by atoms with van der Waals surface area (Å²) in [6.45, 7) is 8.35. The second-order valence-electron chi connectivity index (χ2n) is 6.92. The van der Waals surface area contributed by atoms with Crippen LogP contribution in [0.25, 0.3) is 0 Å². The van der Waals surface area contributed by atoms with E-state index in [-0.39, 0.29) is 6.09 Å². The summed E-state index contributed by atoms with van der Waals surface area (Å²) in [5.41, 5.74) is 0.869. The van der Waals surface area contributed by atoms with Crippen LogP contribution in [0.3, 0.4) is 0 Å². The standard InChI is InChI=1S/C18H28N2O2/c1-18(2,3)22-17(21)20-13-7-10-16(20)11-12-19-14-15-8-5-4-6-9-15/h4-6,8-9,16,19H,7,10-14H2,1-3H3. The Bertz CT molecular complexity index is 468. The van der Waals surface area contributed by atoms with Crippen molar-refractivity contribution < 1.29 is 9.53 Å². The average Bonchev–Trinajstić information content (AvgIpc) is 2.91. The molecule has 1 aromatic carbocycles. The van der Waals surface area contributed by atoms with Gasteiger partial charge in [0, 0.05) is 19.1 Å².